The van der Waals surface area contributed by atoms with Crippen molar-refractivity contribution >= 4 is 12.0 Å². The van der Waals surface area contributed by atoms with Gasteiger partial charge in [-0.05, 0) is 51.3 Å². The molecule has 0 unspecified atom stereocenters. The number of carbonyl (C=O) groups excluding carboxylic acids is 1. The van der Waals surface area contributed by atoms with Gasteiger partial charge >= 0.3 is 12.0 Å². The van der Waals surface area contributed by atoms with Gasteiger partial charge in [-0.2, -0.15) is 0 Å². The van der Waals surface area contributed by atoms with Crippen LogP contribution < -0.4 is 5.32 Å². The van der Waals surface area contributed by atoms with Gasteiger partial charge in [0.2, 0.25) is 0 Å². The topological polar surface area (TPSA) is 69.6 Å². The third-order valence-electron chi connectivity index (χ3n) is 3.82. The fraction of sp³-hybridized carbons (Fsp3) is 0.529. The summed E-state index contributed by atoms with van der Waals surface area (Å²) in [5.41, 5.74) is 1.15. The molecule has 1 fully saturated rings. The molecule has 1 aliphatic rings. The van der Waals surface area contributed by atoms with Gasteiger partial charge in [0, 0.05) is 24.5 Å². The summed E-state index contributed by atoms with van der Waals surface area (Å²) >= 11 is 0. The molecule has 5 heteroatoms. The average Bonchev–Trinajstić information content (AvgIpc) is 2.46. The van der Waals surface area contributed by atoms with Crippen LogP contribution in [0.2, 0.25) is 0 Å². The minimum Gasteiger partial charge on any atom is -0.478 e. The van der Waals surface area contributed by atoms with Crippen LogP contribution in [0.4, 0.5) is 4.79 Å². The van der Waals surface area contributed by atoms with Gasteiger partial charge in [-0.3, -0.25) is 0 Å². The monoisotopic (exact) mass is 304 g/mol. The standard InChI is InChI=1S/C17H24N2O3/c1-17(2,3)18-16(22)19-10-4-5-14(11-19)12-6-8-13(9-7-12)15(20)21/h6-9,14H,4-5,10-11H2,1-3H3,(H,18,22)(H,20,21)/t14-/m0/s1. The molecule has 0 aliphatic carbocycles. The van der Waals surface area contributed by atoms with E-state index in [1.807, 2.05) is 37.8 Å². The SMILES string of the molecule is CC(C)(C)NC(=O)N1CCC[C@H](c2ccc(C(=O)O)cc2)C1. The van der Waals surface area contributed by atoms with Crippen LogP contribution in [-0.2, 0) is 0 Å². The fourth-order valence-electron chi connectivity index (χ4n) is 2.73. The lowest BCUT2D eigenvalue weighted by molar-refractivity contribution is 0.0697. The number of piperidine rings is 1. The Hall–Kier alpha value is -2.04. The van der Waals surface area contributed by atoms with Gasteiger partial charge in [0.15, 0.2) is 0 Å². The summed E-state index contributed by atoms with van der Waals surface area (Å²) in [6.45, 7) is 7.35. The third-order valence-corrected chi connectivity index (χ3v) is 3.82. The molecule has 5 nitrogen and oxygen atoms in total. The second-order valence-corrected chi connectivity index (χ2v) is 6.89. The Labute approximate surface area is 131 Å². The molecule has 1 atom stereocenters. The first kappa shape index (κ1) is 16.3. The fourth-order valence-corrected chi connectivity index (χ4v) is 2.73. The molecule has 1 heterocycles. The molecule has 1 aliphatic heterocycles. The smallest absolute Gasteiger partial charge is 0.335 e. The van der Waals surface area contributed by atoms with Crippen molar-refractivity contribution in [3.8, 4) is 0 Å². The van der Waals surface area contributed by atoms with Crippen molar-refractivity contribution in [2.75, 3.05) is 13.1 Å². The zero-order chi connectivity index (χ0) is 16.3. The zero-order valence-electron chi connectivity index (χ0n) is 13.4. The highest BCUT2D eigenvalue weighted by Gasteiger charge is 2.26. The number of carboxylic acid groups (broad SMARTS) is 1. The van der Waals surface area contributed by atoms with Gasteiger partial charge in [-0.1, -0.05) is 12.1 Å². The molecule has 2 N–H and O–H groups in total. The summed E-state index contributed by atoms with van der Waals surface area (Å²) in [6, 6.07) is 6.95. The summed E-state index contributed by atoms with van der Waals surface area (Å²) in [6.07, 6.45) is 1.98. The van der Waals surface area contributed by atoms with Crippen LogP contribution in [0.1, 0.15) is 55.5 Å². The van der Waals surface area contributed by atoms with Crippen LogP contribution in [0, 0.1) is 0 Å². The molecular formula is C17H24N2O3. The van der Waals surface area contributed by atoms with E-state index in [0.717, 1.165) is 24.9 Å². The number of aromatic carboxylic acids is 1. The van der Waals surface area contributed by atoms with E-state index in [4.69, 9.17) is 5.11 Å². The van der Waals surface area contributed by atoms with E-state index in [-0.39, 0.29) is 17.5 Å². The Morgan fingerprint density at radius 3 is 2.41 bits per heavy atom. The number of rotatable bonds is 2. The first-order valence-corrected chi connectivity index (χ1v) is 7.66. The molecule has 1 aromatic carbocycles. The van der Waals surface area contributed by atoms with E-state index in [0.29, 0.717) is 12.1 Å². The number of carbonyl (C=O) groups is 2. The van der Waals surface area contributed by atoms with Gasteiger partial charge in [-0.15, -0.1) is 0 Å². The molecule has 0 aromatic heterocycles. The number of nitrogens with zero attached hydrogens (tertiary/aromatic N) is 1. The van der Waals surface area contributed by atoms with E-state index >= 15 is 0 Å². The van der Waals surface area contributed by atoms with Gasteiger partial charge in [0.1, 0.15) is 0 Å². The molecule has 22 heavy (non-hydrogen) atoms. The van der Waals surface area contributed by atoms with E-state index in [1.165, 1.54) is 0 Å². The number of amides is 2. The molecule has 0 saturated carbocycles. The predicted octanol–water partition coefficient (Wildman–Crippen LogP) is 3.07. The van der Waals surface area contributed by atoms with Crippen molar-refractivity contribution in [2.45, 2.75) is 45.1 Å². The number of hydrogen-bond donors (Lipinski definition) is 2. The predicted molar refractivity (Wildman–Crippen MR) is 85.2 cm³/mol. The van der Waals surface area contributed by atoms with Crippen molar-refractivity contribution in [3.05, 3.63) is 35.4 Å². The molecule has 2 amide bonds. The van der Waals surface area contributed by atoms with Crippen molar-refractivity contribution in [1.82, 2.24) is 10.2 Å². The molecule has 0 bridgehead atoms. The molecule has 0 spiro atoms. The lowest BCUT2D eigenvalue weighted by Crippen LogP contribution is -2.51. The van der Waals surface area contributed by atoms with E-state index in [1.54, 1.807) is 12.1 Å². The van der Waals surface area contributed by atoms with Crippen LogP contribution in [0.3, 0.4) is 0 Å². The molecule has 1 saturated heterocycles. The number of nitrogens with one attached hydrogen (secondary N) is 1. The summed E-state index contributed by atoms with van der Waals surface area (Å²) < 4.78 is 0. The molecule has 120 valence electrons. The minimum absolute atomic E-state index is 0.0284. The highest BCUT2D eigenvalue weighted by Crippen LogP contribution is 2.27. The maximum absolute atomic E-state index is 12.3. The van der Waals surface area contributed by atoms with Crippen LogP contribution in [0.15, 0.2) is 24.3 Å². The normalized spacial score (nSPS) is 18.9. The number of hydrogen-bond acceptors (Lipinski definition) is 2. The Bertz CT molecular complexity index is 546. The van der Waals surface area contributed by atoms with Gasteiger partial charge < -0.3 is 15.3 Å². The number of benzene rings is 1. The molecule has 2 rings (SSSR count). The average molecular weight is 304 g/mol. The van der Waals surface area contributed by atoms with Crippen molar-refractivity contribution in [1.29, 1.82) is 0 Å². The van der Waals surface area contributed by atoms with Gasteiger partial charge in [-0.25, -0.2) is 9.59 Å². The van der Waals surface area contributed by atoms with E-state index < -0.39 is 5.97 Å². The Kier molecular flexibility index (Phi) is 4.74. The number of likely N-dealkylation sites (tertiary alicyclic amines) is 1. The van der Waals surface area contributed by atoms with E-state index in [9.17, 15) is 9.59 Å². The lowest BCUT2D eigenvalue weighted by atomic mass is 9.90. The van der Waals surface area contributed by atoms with Crippen LogP contribution in [-0.4, -0.2) is 40.6 Å². The van der Waals surface area contributed by atoms with Crippen molar-refractivity contribution in [2.24, 2.45) is 0 Å². The Morgan fingerprint density at radius 2 is 1.86 bits per heavy atom. The second kappa shape index (κ2) is 6.38. The van der Waals surface area contributed by atoms with Crippen LogP contribution in [0.25, 0.3) is 0 Å². The molecule has 1 aromatic rings. The van der Waals surface area contributed by atoms with Gasteiger partial charge in [0.25, 0.3) is 0 Å². The maximum Gasteiger partial charge on any atom is 0.335 e. The minimum atomic E-state index is -0.915. The summed E-state index contributed by atoms with van der Waals surface area (Å²) in [5.74, 6) is -0.649. The van der Waals surface area contributed by atoms with Crippen LogP contribution >= 0.6 is 0 Å². The number of urea groups is 1. The Balaban J connectivity index is 2.04. The summed E-state index contributed by atoms with van der Waals surface area (Å²) in [7, 11) is 0. The lowest BCUT2D eigenvalue weighted by Gasteiger charge is -2.35. The van der Waals surface area contributed by atoms with Crippen molar-refractivity contribution < 1.29 is 14.7 Å². The van der Waals surface area contributed by atoms with Gasteiger partial charge in [0.05, 0.1) is 5.56 Å². The highest BCUT2D eigenvalue weighted by molar-refractivity contribution is 5.87. The summed E-state index contributed by atoms with van der Waals surface area (Å²) in [5, 5.41) is 11.9. The largest absolute Gasteiger partial charge is 0.478 e. The van der Waals surface area contributed by atoms with Crippen molar-refractivity contribution in [3.63, 3.8) is 0 Å². The van der Waals surface area contributed by atoms with E-state index in [2.05, 4.69) is 5.32 Å². The maximum atomic E-state index is 12.3. The molecular weight excluding hydrogens is 280 g/mol. The van der Waals surface area contributed by atoms with Crippen LogP contribution in [0.5, 0.6) is 0 Å². The first-order chi connectivity index (χ1) is 10.3. The second-order valence-electron chi connectivity index (χ2n) is 6.89. The quantitative estimate of drug-likeness (QED) is 0.882. The first-order valence-electron chi connectivity index (χ1n) is 7.66. The summed E-state index contributed by atoms with van der Waals surface area (Å²) in [4.78, 5) is 25.0. The molecule has 0 radical (unpaired) electrons. The highest BCUT2D eigenvalue weighted by atomic mass is 16.4. The number of carboxylic acids is 1. The Morgan fingerprint density at radius 1 is 1.23 bits per heavy atom. The third kappa shape index (κ3) is 4.23. The zero-order valence-corrected chi connectivity index (χ0v) is 13.4.